The Hall–Kier alpha value is -2.93. The fourth-order valence-corrected chi connectivity index (χ4v) is 4.71. The van der Waals surface area contributed by atoms with E-state index in [0.29, 0.717) is 5.69 Å². The molecule has 0 aliphatic carbocycles. The van der Waals surface area contributed by atoms with Crippen LogP contribution in [0.3, 0.4) is 0 Å². The third-order valence-electron chi connectivity index (χ3n) is 5.54. The molecule has 0 saturated carbocycles. The van der Waals surface area contributed by atoms with E-state index in [4.69, 9.17) is 0 Å². The number of anilines is 2. The molecule has 0 bridgehead atoms. The van der Waals surface area contributed by atoms with Crippen LogP contribution in [0.4, 0.5) is 11.5 Å². The highest BCUT2D eigenvalue weighted by atomic mass is 32.2. The first-order valence-electron chi connectivity index (χ1n) is 10.5. The van der Waals surface area contributed by atoms with E-state index in [-0.39, 0.29) is 10.3 Å². The summed E-state index contributed by atoms with van der Waals surface area (Å²) in [6.07, 6.45) is 2.39. The van der Waals surface area contributed by atoms with E-state index in [1.54, 1.807) is 24.3 Å². The Morgan fingerprint density at radius 2 is 1.48 bits per heavy atom. The Morgan fingerprint density at radius 1 is 0.839 bits per heavy atom. The minimum absolute atomic E-state index is 0.0267. The van der Waals surface area contributed by atoms with E-state index in [1.165, 1.54) is 12.8 Å². The molecule has 0 atom stereocenters. The highest BCUT2D eigenvalue weighted by molar-refractivity contribution is 7.92. The molecular weight excluding hydrogens is 408 g/mol. The fraction of sp³-hybridized carbons (Fsp3) is 0.333. The second kappa shape index (κ2) is 8.30. The van der Waals surface area contributed by atoms with Crippen molar-refractivity contribution >= 4 is 21.5 Å². The van der Waals surface area contributed by atoms with Crippen LogP contribution >= 0.6 is 0 Å². The van der Waals surface area contributed by atoms with Crippen LogP contribution in [0.15, 0.2) is 65.6 Å². The molecule has 1 aromatic heterocycles. The van der Waals surface area contributed by atoms with Gasteiger partial charge in [-0.15, -0.1) is 10.2 Å². The summed E-state index contributed by atoms with van der Waals surface area (Å²) in [5, 5.41) is 8.69. The predicted molar refractivity (Wildman–Crippen MR) is 125 cm³/mol. The molecule has 7 heteroatoms. The summed E-state index contributed by atoms with van der Waals surface area (Å²) in [5.74, 6) is 0.906. The number of hydrogen-bond acceptors (Lipinski definition) is 5. The van der Waals surface area contributed by atoms with Crippen molar-refractivity contribution in [2.45, 2.75) is 43.9 Å². The van der Waals surface area contributed by atoms with E-state index in [1.807, 2.05) is 36.4 Å². The molecule has 3 aromatic rings. The molecule has 1 N–H and O–H groups in total. The molecule has 0 radical (unpaired) electrons. The lowest BCUT2D eigenvalue weighted by Crippen LogP contribution is -2.19. The molecule has 31 heavy (non-hydrogen) atoms. The first-order valence-corrected chi connectivity index (χ1v) is 12.0. The van der Waals surface area contributed by atoms with Gasteiger partial charge in [0.05, 0.1) is 10.6 Å². The topological polar surface area (TPSA) is 75.2 Å². The van der Waals surface area contributed by atoms with Gasteiger partial charge in [0, 0.05) is 24.3 Å². The van der Waals surface area contributed by atoms with Gasteiger partial charge in [-0.2, -0.15) is 0 Å². The van der Waals surface area contributed by atoms with Gasteiger partial charge in [0.1, 0.15) is 0 Å². The van der Waals surface area contributed by atoms with Crippen molar-refractivity contribution in [3.05, 3.63) is 66.2 Å². The second-order valence-electron chi connectivity index (χ2n) is 8.93. The third-order valence-corrected chi connectivity index (χ3v) is 6.94. The molecule has 1 aliphatic heterocycles. The van der Waals surface area contributed by atoms with Crippen LogP contribution in [-0.2, 0) is 15.4 Å². The number of sulfonamides is 1. The maximum Gasteiger partial charge on any atom is 0.261 e. The average molecular weight is 437 g/mol. The van der Waals surface area contributed by atoms with Crippen molar-refractivity contribution in [2.24, 2.45) is 0 Å². The molecule has 1 saturated heterocycles. The van der Waals surface area contributed by atoms with E-state index >= 15 is 0 Å². The standard InChI is InChI=1S/C24H28N4O2S/c1-24(2,3)19-8-12-21(13-9-19)31(29,30)27-20-10-6-18(7-11-20)22-14-15-23(26-25-22)28-16-4-5-17-28/h6-15,27H,4-5,16-17H2,1-3H3. The van der Waals surface area contributed by atoms with E-state index < -0.39 is 10.0 Å². The summed E-state index contributed by atoms with van der Waals surface area (Å²) in [5.41, 5.74) is 3.22. The van der Waals surface area contributed by atoms with Crippen molar-refractivity contribution in [1.82, 2.24) is 10.2 Å². The van der Waals surface area contributed by atoms with Gasteiger partial charge in [0.15, 0.2) is 5.82 Å². The molecule has 2 heterocycles. The largest absolute Gasteiger partial charge is 0.355 e. The zero-order chi connectivity index (χ0) is 22.1. The summed E-state index contributed by atoms with van der Waals surface area (Å²) < 4.78 is 28.1. The Labute approximate surface area is 184 Å². The first-order chi connectivity index (χ1) is 14.7. The number of nitrogens with zero attached hydrogens (tertiary/aromatic N) is 3. The van der Waals surface area contributed by atoms with Gasteiger partial charge in [-0.25, -0.2) is 8.42 Å². The minimum Gasteiger partial charge on any atom is -0.355 e. The average Bonchev–Trinajstić information content (AvgIpc) is 3.29. The Morgan fingerprint density at radius 3 is 2.03 bits per heavy atom. The van der Waals surface area contributed by atoms with E-state index in [9.17, 15) is 8.42 Å². The fourth-order valence-electron chi connectivity index (χ4n) is 3.65. The highest BCUT2D eigenvalue weighted by Crippen LogP contribution is 2.26. The minimum atomic E-state index is -3.65. The van der Waals surface area contributed by atoms with Gasteiger partial charge in [0.25, 0.3) is 10.0 Å². The number of nitrogens with one attached hydrogen (secondary N) is 1. The van der Waals surface area contributed by atoms with Gasteiger partial charge in [-0.1, -0.05) is 45.0 Å². The second-order valence-corrected chi connectivity index (χ2v) is 10.6. The monoisotopic (exact) mass is 436 g/mol. The maximum absolute atomic E-state index is 12.7. The van der Waals surface area contributed by atoms with Crippen molar-refractivity contribution in [1.29, 1.82) is 0 Å². The summed E-state index contributed by atoms with van der Waals surface area (Å²) >= 11 is 0. The van der Waals surface area contributed by atoms with Crippen molar-refractivity contribution in [3.63, 3.8) is 0 Å². The lowest BCUT2D eigenvalue weighted by molar-refractivity contribution is 0.587. The molecular formula is C24H28N4O2S. The van der Waals surface area contributed by atoms with Crippen LogP contribution in [-0.4, -0.2) is 31.7 Å². The maximum atomic E-state index is 12.7. The van der Waals surface area contributed by atoms with Gasteiger partial charge < -0.3 is 4.90 Å². The van der Waals surface area contributed by atoms with Crippen LogP contribution in [0.1, 0.15) is 39.2 Å². The molecule has 162 valence electrons. The van der Waals surface area contributed by atoms with E-state index in [2.05, 4.69) is 40.6 Å². The Kier molecular flexibility index (Phi) is 5.71. The molecule has 0 amide bonds. The van der Waals surface area contributed by atoms with Gasteiger partial charge in [-0.05, 0) is 60.2 Å². The Bertz CT molecular complexity index is 1130. The SMILES string of the molecule is CC(C)(C)c1ccc(S(=O)(=O)Nc2ccc(-c3ccc(N4CCCC4)nn3)cc2)cc1. The van der Waals surface area contributed by atoms with E-state index in [0.717, 1.165) is 35.7 Å². The first kappa shape index (κ1) is 21.3. The van der Waals surface area contributed by atoms with Crippen molar-refractivity contribution in [3.8, 4) is 11.3 Å². The molecule has 4 rings (SSSR count). The van der Waals surface area contributed by atoms with Crippen LogP contribution in [0.2, 0.25) is 0 Å². The molecule has 0 unspecified atom stereocenters. The lowest BCUT2D eigenvalue weighted by atomic mass is 9.87. The number of rotatable bonds is 5. The predicted octanol–water partition coefficient (Wildman–Crippen LogP) is 4.84. The summed E-state index contributed by atoms with van der Waals surface area (Å²) in [6, 6.07) is 18.1. The van der Waals surface area contributed by atoms with Gasteiger partial charge in [-0.3, -0.25) is 4.72 Å². The van der Waals surface area contributed by atoms with Crippen molar-refractivity contribution in [2.75, 3.05) is 22.7 Å². The number of hydrogen-bond donors (Lipinski definition) is 1. The lowest BCUT2D eigenvalue weighted by Gasteiger charge is -2.19. The molecule has 0 spiro atoms. The quantitative estimate of drug-likeness (QED) is 0.619. The van der Waals surface area contributed by atoms with Gasteiger partial charge in [0.2, 0.25) is 0 Å². The molecule has 1 fully saturated rings. The number of benzene rings is 2. The summed E-state index contributed by atoms with van der Waals surface area (Å²) in [4.78, 5) is 2.48. The van der Waals surface area contributed by atoms with Crippen LogP contribution in [0, 0.1) is 0 Å². The van der Waals surface area contributed by atoms with Crippen LogP contribution in [0.25, 0.3) is 11.3 Å². The van der Waals surface area contributed by atoms with Crippen LogP contribution < -0.4 is 9.62 Å². The molecule has 6 nitrogen and oxygen atoms in total. The highest BCUT2D eigenvalue weighted by Gasteiger charge is 2.18. The normalized spacial score (nSPS) is 14.6. The van der Waals surface area contributed by atoms with Gasteiger partial charge >= 0.3 is 0 Å². The molecule has 1 aliphatic rings. The molecule has 2 aromatic carbocycles. The Balaban J connectivity index is 1.46. The summed E-state index contributed by atoms with van der Waals surface area (Å²) in [6.45, 7) is 8.35. The third kappa shape index (κ3) is 4.88. The van der Waals surface area contributed by atoms with Crippen LogP contribution in [0.5, 0.6) is 0 Å². The smallest absolute Gasteiger partial charge is 0.261 e. The number of aromatic nitrogens is 2. The summed E-state index contributed by atoms with van der Waals surface area (Å²) in [7, 11) is -3.65. The van der Waals surface area contributed by atoms with Crippen molar-refractivity contribution < 1.29 is 8.42 Å². The zero-order valence-corrected chi connectivity index (χ0v) is 19.0. The zero-order valence-electron chi connectivity index (χ0n) is 18.2.